The van der Waals surface area contributed by atoms with Gasteiger partial charge in [0.25, 0.3) is 0 Å². The number of methoxy groups -OCH3 is 1. The van der Waals surface area contributed by atoms with Crippen LogP contribution in [-0.4, -0.2) is 43.9 Å². The summed E-state index contributed by atoms with van der Waals surface area (Å²) in [5.74, 6) is 1.28. The quantitative estimate of drug-likeness (QED) is 0.792. The molecule has 0 aliphatic carbocycles. The minimum Gasteiger partial charge on any atom is -0.486 e. The number of anilines is 1. The zero-order valence-electron chi connectivity index (χ0n) is 13.7. The van der Waals surface area contributed by atoms with Crippen molar-refractivity contribution < 1.29 is 19.0 Å². The first-order chi connectivity index (χ1) is 11.7. The second-order valence-corrected chi connectivity index (χ2v) is 6.10. The lowest BCUT2D eigenvalue weighted by Gasteiger charge is -2.18. The molecule has 0 saturated carbocycles. The maximum atomic E-state index is 12.0. The molecule has 7 nitrogen and oxygen atoms in total. The van der Waals surface area contributed by atoms with E-state index in [0.29, 0.717) is 30.6 Å². The van der Waals surface area contributed by atoms with Crippen LogP contribution in [0.2, 0.25) is 0 Å². The van der Waals surface area contributed by atoms with Crippen LogP contribution in [0.1, 0.15) is 6.42 Å². The zero-order valence-corrected chi connectivity index (χ0v) is 15.3. The summed E-state index contributed by atoms with van der Waals surface area (Å²) in [6.07, 6.45) is -0.0893. The molecule has 1 amide bonds. The van der Waals surface area contributed by atoms with Crippen molar-refractivity contribution in [2.24, 2.45) is 5.73 Å². The van der Waals surface area contributed by atoms with Crippen LogP contribution in [0.3, 0.4) is 0 Å². The molecule has 25 heavy (non-hydrogen) atoms. The Kier molecular flexibility index (Phi) is 7.01. The molecule has 0 fully saturated rings. The summed E-state index contributed by atoms with van der Waals surface area (Å²) in [5.41, 5.74) is 7.20. The van der Waals surface area contributed by atoms with Gasteiger partial charge in [0, 0.05) is 24.6 Å². The van der Waals surface area contributed by atoms with Crippen molar-refractivity contribution in [3.8, 4) is 22.8 Å². The average molecular weight is 386 g/mol. The Bertz CT molecular complexity index is 721. The second-order valence-electron chi connectivity index (χ2n) is 5.24. The van der Waals surface area contributed by atoms with Gasteiger partial charge in [0.05, 0.1) is 18.2 Å². The van der Waals surface area contributed by atoms with Gasteiger partial charge in [0.2, 0.25) is 5.91 Å². The van der Waals surface area contributed by atoms with E-state index < -0.39 is 0 Å². The van der Waals surface area contributed by atoms with Crippen LogP contribution >= 0.6 is 23.7 Å². The smallest absolute Gasteiger partial charge is 0.228 e. The predicted molar refractivity (Wildman–Crippen MR) is 98.9 cm³/mol. The molecule has 1 unspecified atom stereocenters. The van der Waals surface area contributed by atoms with Gasteiger partial charge in [0.1, 0.15) is 13.2 Å². The standard InChI is InChI=1S/C16H19N3O4S.ClH/c1-21-11(8-17)7-15(20)19-16-18-12(9-24-16)10-2-3-13-14(6-10)23-5-4-22-13;/h2-3,6,9,11H,4-5,7-8,17H2,1H3,(H,18,19,20);1H. The first kappa shape index (κ1) is 19.5. The fourth-order valence-corrected chi connectivity index (χ4v) is 3.04. The molecule has 0 spiro atoms. The number of rotatable bonds is 6. The Hall–Kier alpha value is -1.87. The predicted octanol–water partition coefficient (Wildman–Crippen LogP) is 2.31. The van der Waals surface area contributed by atoms with E-state index in [2.05, 4.69) is 10.3 Å². The SMILES string of the molecule is COC(CN)CC(=O)Nc1nc(-c2ccc3c(c2)OCCO3)cs1.Cl. The Morgan fingerprint density at radius 1 is 1.40 bits per heavy atom. The summed E-state index contributed by atoms with van der Waals surface area (Å²) in [5, 5.41) is 5.20. The number of nitrogens with two attached hydrogens (primary N) is 1. The molecule has 1 aliphatic rings. The van der Waals surface area contributed by atoms with Crippen LogP contribution in [-0.2, 0) is 9.53 Å². The van der Waals surface area contributed by atoms with Crippen molar-refractivity contribution in [2.45, 2.75) is 12.5 Å². The molecule has 3 N–H and O–H groups in total. The Labute approximate surface area is 155 Å². The topological polar surface area (TPSA) is 95.7 Å². The third kappa shape index (κ3) is 4.82. The van der Waals surface area contributed by atoms with Crippen LogP contribution in [0.15, 0.2) is 23.6 Å². The van der Waals surface area contributed by atoms with Crippen molar-refractivity contribution in [1.29, 1.82) is 0 Å². The lowest BCUT2D eigenvalue weighted by atomic mass is 10.1. The van der Waals surface area contributed by atoms with E-state index in [9.17, 15) is 4.79 Å². The van der Waals surface area contributed by atoms with Crippen LogP contribution in [0, 0.1) is 0 Å². The molecule has 1 atom stereocenters. The van der Waals surface area contributed by atoms with Crippen molar-refractivity contribution >= 4 is 34.8 Å². The number of carbonyl (C=O) groups excluding carboxylic acids is 1. The number of thiazole rings is 1. The molecule has 3 rings (SSSR count). The highest BCUT2D eigenvalue weighted by Crippen LogP contribution is 2.35. The minimum atomic E-state index is -0.290. The number of ether oxygens (including phenoxy) is 3. The van der Waals surface area contributed by atoms with Gasteiger partial charge in [0.15, 0.2) is 16.6 Å². The first-order valence-corrected chi connectivity index (χ1v) is 8.46. The number of nitrogens with zero attached hydrogens (tertiary/aromatic N) is 1. The summed E-state index contributed by atoms with van der Waals surface area (Å²) in [7, 11) is 1.54. The van der Waals surface area contributed by atoms with Gasteiger partial charge in [-0.1, -0.05) is 0 Å². The van der Waals surface area contributed by atoms with E-state index >= 15 is 0 Å². The van der Waals surface area contributed by atoms with Gasteiger partial charge < -0.3 is 25.3 Å². The van der Waals surface area contributed by atoms with Gasteiger partial charge in [-0.3, -0.25) is 4.79 Å². The Morgan fingerprint density at radius 2 is 2.16 bits per heavy atom. The van der Waals surface area contributed by atoms with Gasteiger partial charge >= 0.3 is 0 Å². The van der Waals surface area contributed by atoms with Crippen LogP contribution in [0.25, 0.3) is 11.3 Å². The van der Waals surface area contributed by atoms with Gasteiger partial charge in [-0.2, -0.15) is 0 Å². The monoisotopic (exact) mass is 385 g/mol. The summed E-state index contributed by atoms with van der Waals surface area (Å²) >= 11 is 1.37. The highest BCUT2D eigenvalue weighted by Gasteiger charge is 2.16. The third-order valence-corrected chi connectivity index (χ3v) is 4.36. The fraction of sp³-hybridized carbons (Fsp3) is 0.375. The summed E-state index contributed by atoms with van der Waals surface area (Å²) in [6.45, 7) is 1.39. The Morgan fingerprint density at radius 3 is 2.88 bits per heavy atom. The number of aromatic nitrogens is 1. The van der Waals surface area contributed by atoms with E-state index in [4.69, 9.17) is 19.9 Å². The van der Waals surface area contributed by atoms with Gasteiger partial charge in [-0.05, 0) is 18.2 Å². The lowest BCUT2D eigenvalue weighted by molar-refractivity contribution is -0.118. The summed E-state index contributed by atoms with van der Waals surface area (Å²) in [6, 6.07) is 5.68. The number of fused-ring (bicyclic) bond motifs is 1. The molecule has 2 heterocycles. The Balaban J connectivity index is 0.00000225. The maximum Gasteiger partial charge on any atom is 0.228 e. The highest BCUT2D eigenvalue weighted by atomic mass is 35.5. The van der Waals surface area contributed by atoms with E-state index in [0.717, 1.165) is 17.0 Å². The van der Waals surface area contributed by atoms with Crippen LogP contribution in [0.5, 0.6) is 11.5 Å². The summed E-state index contributed by atoms with van der Waals surface area (Å²) < 4.78 is 16.2. The lowest BCUT2D eigenvalue weighted by Crippen LogP contribution is -2.28. The molecule has 9 heteroatoms. The molecule has 2 aromatic rings. The molecule has 1 aromatic heterocycles. The summed E-state index contributed by atoms with van der Waals surface area (Å²) in [4.78, 5) is 16.4. The number of carbonyl (C=O) groups is 1. The number of amides is 1. The molecular formula is C16H20ClN3O4S. The van der Waals surface area contributed by atoms with Gasteiger partial charge in [-0.25, -0.2) is 4.98 Å². The molecule has 0 radical (unpaired) electrons. The highest BCUT2D eigenvalue weighted by molar-refractivity contribution is 7.14. The van der Waals surface area contributed by atoms with Crippen molar-refractivity contribution in [3.63, 3.8) is 0 Å². The number of halogens is 1. The number of benzene rings is 1. The van der Waals surface area contributed by atoms with Gasteiger partial charge in [-0.15, -0.1) is 23.7 Å². The third-order valence-electron chi connectivity index (χ3n) is 3.60. The average Bonchev–Trinajstić information content (AvgIpc) is 3.07. The normalized spacial score (nSPS) is 13.7. The van der Waals surface area contributed by atoms with Crippen LogP contribution in [0.4, 0.5) is 5.13 Å². The van der Waals surface area contributed by atoms with Crippen molar-refractivity contribution in [1.82, 2.24) is 4.98 Å². The fourth-order valence-electron chi connectivity index (χ4n) is 2.31. The maximum absolute atomic E-state index is 12.0. The number of hydrogen-bond donors (Lipinski definition) is 2. The second kappa shape index (κ2) is 9.00. The number of nitrogens with one attached hydrogen (secondary N) is 1. The van der Waals surface area contributed by atoms with Crippen molar-refractivity contribution in [3.05, 3.63) is 23.6 Å². The molecule has 136 valence electrons. The molecule has 0 bridgehead atoms. The molecule has 0 saturated heterocycles. The van der Waals surface area contributed by atoms with Crippen LogP contribution < -0.4 is 20.5 Å². The molecule has 1 aromatic carbocycles. The first-order valence-electron chi connectivity index (χ1n) is 7.58. The molecule has 1 aliphatic heterocycles. The minimum absolute atomic E-state index is 0. The molecular weight excluding hydrogens is 366 g/mol. The van der Waals surface area contributed by atoms with E-state index in [1.54, 1.807) is 0 Å². The van der Waals surface area contributed by atoms with E-state index in [1.807, 2.05) is 23.6 Å². The number of hydrogen-bond acceptors (Lipinski definition) is 7. The largest absolute Gasteiger partial charge is 0.486 e. The van der Waals surface area contributed by atoms with E-state index in [1.165, 1.54) is 18.4 Å². The van der Waals surface area contributed by atoms with E-state index in [-0.39, 0.29) is 30.8 Å². The van der Waals surface area contributed by atoms with Crippen molar-refractivity contribution in [2.75, 3.05) is 32.2 Å². The zero-order chi connectivity index (χ0) is 16.9.